The molecular formula is C9H16F3N3O2. The Hall–Kier alpha value is -0.860. The highest BCUT2D eigenvalue weighted by atomic mass is 19.4. The zero-order valence-electron chi connectivity index (χ0n) is 9.29. The minimum absolute atomic E-state index is 0.0820. The van der Waals surface area contributed by atoms with Crippen LogP contribution in [0.1, 0.15) is 0 Å². The van der Waals surface area contributed by atoms with Gasteiger partial charge in [0.15, 0.2) is 0 Å². The van der Waals surface area contributed by atoms with Crippen molar-refractivity contribution in [3.63, 3.8) is 0 Å². The van der Waals surface area contributed by atoms with Gasteiger partial charge in [-0.05, 0) is 0 Å². The van der Waals surface area contributed by atoms with E-state index in [1.54, 1.807) is 4.90 Å². The summed E-state index contributed by atoms with van der Waals surface area (Å²) in [5, 5.41) is 1.83. The van der Waals surface area contributed by atoms with Crippen molar-refractivity contribution in [1.29, 1.82) is 0 Å². The van der Waals surface area contributed by atoms with Crippen LogP contribution in [0.2, 0.25) is 0 Å². The van der Waals surface area contributed by atoms with Crippen LogP contribution in [0.15, 0.2) is 0 Å². The third-order valence-corrected chi connectivity index (χ3v) is 2.45. The Morgan fingerprint density at radius 2 is 2.24 bits per heavy atom. The Balaban J connectivity index is 2.33. The lowest BCUT2D eigenvalue weighted by Crippen LogP contribution is -2.53. The van der Waals surface area contributed by atoms with E-state index in [2.05, 4.69) is 0 Å². The van der Waals surface area contributed by atoms with Crippen molar-refractivity contribution < 1.29 is 22.7 Å². The number of carbonyl (C=O) groups is 1. The Morgan fingerprint density at radius 1 is 1.53 bits per heavy atom. The maximum absolute atomic E-state index is 11.9. The summed E-state index contributed by atoms with van der Waals surface area (Å²) in [6, 6.07) is -0.111. The van der Waals surface area contributed by atoms with E-state index in [4.69, 9.17) is 10.5 Å². The summed E-state index contributed by atoms with van der Waals surface area (Å²) >= 11 is 0. The minimum atomic E-state index is -4.38. The molecule has 0 aliphatic carbocycles. The molecule has 1 amide bonds. The van der Waals surface area contributed by atoms with Gasteiger partial charge in [0.1, 0.15) is 6.54 Å². The molecule has 0 saturated carbocycles. The van der Waals surface area contributed by atoms with Crippen LogP contribution >= 0.6 is 0 Å². The van der Waals surface area contributed by atoms with E-state index >= 15 is 0 Å². The number of nitrogens with one attached hydrogen (secondary N) is 1. The van der Waals surface area contributed by atoms with E-state index in [0.717, 1.165) is 0 Å². The largest absolute Gasteiger partial charge is 0.405 e. The number of rotatable bonds is 4. The number of alkyl halides is 3. The molecule has 17 heavy (non-hydrogen) atoms. The SMILES string of the molecule is NCC1COCCN1CC(=O)NCC(F)(F)F. The lowest BCUT2D eigenvalue weighted by molar-refractivity contribution is -0.140. The monoisotopic (exact) mass is 255 g/mol. The van der Waals surface area contributed by atoms with Gasteiger partial charge in [-0.2, -0.15) is 13.2 Å². The first-order valence-corrected chi connectivity index (χ1v) is 5.27. The van der Waals surface area contributed by atoms with Gasteiger partial charge in [-0.3, -0.25) is 9.69 Å². The second kappa shape index (κ2) is 6.18. The van der Waals surface area contributed by atoms with Crippen molar-refractivity contribution in [1.82, 2.24) is 10.2 Å². The molecule has 0 aromatic carbocycles. The molecule has 0 aromatic rings. The second-order valence-electron chi connectivity index (χ2n) is 3.83. The second-order valence-corrected chi connectivity index (χ2v) is 3.83. The number of nitrogens with two attached hydrogens (primary N) is 1. The van der Waals surface area contributed by atoms with Gasteiger partial charge in [0.05, 0.1) is 19.8 Å². The predicted octanol–water partition coefficient (Wildman–Crippen LogP) is -0.676. The van der Waals surface area contributed by atoms with Crippen molar-refractivity contribution in [2.45, 2.75) is 12.2 Å². The third-order valence-electron chi connectivity index (χ3n) is 2.45. The Kier molecular flexibility index (Phi) is 5.16. The zero-order chi connectivity index (χ0) is 12.9. The molecular weight excluding hydrogens is 239 g/mol. The van der Waals surface area contributed by atoms with Crippen LogP contribution in [0.4, 0.5) is 13.2 Å². The molecule has 1 rings (SSSR count). The Morgan fingerprint density at radius 3 is 2.82 bits per heavy atom. The Labute approximate surface area is 97.1 Å². The summed E-state index contributed by atoms with van der Waals surface area (Å²) in [6.07, 6.45) is -4.38. The van der Waals surface area contributed by atoms with Gasteiger partial charge in [-0.1, -0.05) is 0 Å². The number of ether oxygens (including phenoxy) is 1. The first-order chi connectivity index (χ1) is 7.92. The molecule has 1 saturated heterocycles. The first-order valence-electron chi connectivity index (χ1n) is 5.27. The highest BCUT2D eigenvalue weighted by molar-refractivity contribution is 5.78. The number of morpholine rings is 1. The van der Waals surface area contributed by atoms with Crippen molar-refractivity contribution in [2.24, 2.45) is 5.73 Å². The molecule has 1 unspecified atom stereocenters. The van der Waals surface area contributed by atoms with Gasteiger partial charge in [0.2, 0.25) is 5.91 Å². The summed E-state index contributed by atoms with van der Waals surface area (Å²) in [5.41, 5.74) is 5.48. The highest BCUT2D eigenvalue weighted by Gasteiger charge is 2.29. The van der Waals surface area contributed by atoms with E-state index in [1.807, 2.05) is 5.32 Å². The maximum atomic E-state index is 11.9. The van der Waals surface area contributed by atoms with Crippen LogP contribution in [0.25, 0.3) is 0 Å². The van der Waals surface area contributed by atoms with E-state index in [0.29, 0.717) is 26.3 Å². The first kappa shape index (κ1) is 14.2. The van der Waals surface area contributed by atoms with Crippen molar-refractivity contribution in [3.8, 4) is 0 Å². The highest BCUT2D eigenvalue weighted by Crippen LogP contribution is 2.12. The molecule has 0 spiro atoms. The molecule has 1 aliphatic heterocycles. The zero-order valence-corrected chi connectivity index (χ0v) is 9.29. The number of nitrogens with zero attached hydrogens (tertiary/aromatic N) is 1. The molecule has 1 atom stereocenters. The molecule has 100 valence electrons. The average molecular weight is 255 g/mol. The third kappa shape index (κ3) is 5.33. The molecule has 1 fully saturated rings. The lowest BCUT2D eigenvalue weighted by atomic mass is 10.2. The summed E-state index contributed by atoms with van der Waals surface area (Å²) in [5.74, 6) is -0.650. The van der Waals surface area contributed by atoms with Crippen LogP contribution in [0.5, 0.6) is 0 Å². The van der Waals surface area contributed by atoms with Gasteiger partial charge in [0.25, 0.3) is 0 Å². The van der Waals surface area contributed by atoms with E-state index < -0.39 is 18.6 Å². The van der Waals surface area contributed by atoms with Gasteiger partial charge in [-0.15, -0.1) is 0 Å². The van der Waals surface area contributed by atoms with Gasteiger partial charge >= 0.3 is 6.18 Å². The molecule has 1 heterocycles. The molecule has 3 N–H and O–H groups in total. The lowest BCUT2D eigenvalue weighted by Gasteiger charge is -2.34. The van der Waals surface area contributed by atoms with Crippen LogP contribution in [-0.2, 0) is 9.53 Å². The molecule has 0 bridgehead atoms. The predicted molar refractivity (Wildman–Crippen MR) is 54.3 cm³/mol. The number of hydrogen-bond donors (Lipinski definition) is 2. The molecule has 5 nitrogen and oxygen atoms in total. The van der Waals surface area contributed by atoms with Crippen LogP contribution < -0.4 is 11.1 Å². The summed E-state index contributed by atoms with van der Waals surface area (Å²) in [7, 11) is 0. The summed E-state index contributed by atoms with van der Waals surface area (Å²) < 4.78 is 40.8. The van der Waals surface area contributed by atoms with Gasteiger partial charge in [0, 0.05) is 19.1 Å². The number of hydrogen-bond acceptors (Lipinski definition) is 4. The molecule has 1 aliphatic rings. The molecule has 0 aromatic heterocycles. The summed E-state index contributed by atoms with van der Waals surface area (Å²) in [4.78, 5) is 13.0. The number of halogens is 3. The van der Waals surface area contributed by atoms with Crippen molar-refractivity contribution in [2.75, 3.05) is 39.4 Å². The molecule has 8 heteroatoms. The quantitative estimate of drug-likeness (QED) is 0.699. The van der Waals surface area contributed by atoms with Gasteiger partial charge < -0.3 is 15.8 Å². The van der Waals surface area contributed by atoms with Crippen LogP contribution in [0, 0.1) is 0 Å². The topological polar surface area (TPSA) is 67.6 Å². The summed E-state index contributed by atoms with van der Waals surface area (Å²) in [6.45, 7) is 0.296. The average Bonchev–Trinajstić information content (AvgIpc) is 2.26. The minimum Gasteiger partial charge on any atom is -0.378 e. The number of amides is 1. The number of carbonyl (C=O) groups excluding carboxylic acids is 1. The van der Waals surface area contributed by atoms with E-state index in [9.17, 15) is 18.0 Å². The maximum Gasteiger partial charge on any atom is 0.405 e. The fraction of sp³-hybridized carbons (Fsp3) is 0.889. The fourth-order valence-corrected chi connectivity index (χ4v) is 1.55. The van der Waals surface area contributed by atoms with Gasteiger partial charge in [-0.25, -0.2) is 0 Å². The van der Waals surface area contributed by atoms with Crippen LogP contribution in [0.3, 0.4) is 0 Å². The standard InChI is InChI=1S/C9H16F3N3O2/c10-9(11,12)6-14-8(16)4-15-1-2-17-5-7(15)3-13/h7H,1-6,13H2,(H,14,16). The van der Waals surface area contributed by atoms with Crippen molar-refractivity contribution in [3.05, 3.63) is 0 Å². The molecule has 0 radical (unpaired) electrons. The smallest absolute Gasteiger partial charge is 0.378 e. The van der Waals surface area contributed by atoms with Crippen LogP contribution in [-0.4, -0.2) is 62.4 Å². The van der Waals surface area contributed by atoms with E-state index in [1.165, 1.54) is 0 Å². The fourth-order valence-electron chi connectivity index (χ4n) is 1.55. The van der Waals surface area contributed by atoms with E-state index in [-0.39, 0.29) is 12.6 Å². The van der Waals surface area contributed by atoms with Crippen molar-refractivity contribution >= 4 is 5.91 Å². The Bertz CT molecular complexity index is 260. The normalized spacial score (nSPS) is 22.5.